The summed E-state index contributed by atoms with van der Waals surface area (Å²) < 4.78 is 7.81. The van der Waals surface area contributed by atoms with E-state index in [2.05, 4.69) is 32.7 Å². The number of nitrogen functional groups attached to an aromatic ring is 1. The van der Waals surface area contributed by atoms with Gasteiger partial charge in [-0.3, -0.25) is 4.40 Å². The van der Waals surface area contributed by atoms with Gasteiger partial charge in [-0.25, -0.2) is 9.97 Å². The van der Waals surface area contributed by atoms with Crippen LogP contribution >= 0.6 is 0 Å². The van der Waals surface area contributed by atoms with E-state index in [9.17, 15) is 0 Å². The van der Waals surface area contributed by atoms with E-state index in [1.807, 2.05) is 56.4 Å². The Bertz CT molecular complexity index is 1030. The van der Waals surface area contributed by atoms with Gasteiger partial charge >= 0.3 is 0 Å². The Kier molecular flexibility index (Phi) is 4.05. The molecule has 0 saturated heterocycles. The lowest BCUT2D eigenvalue weighted by Crippen LogP contribution is -2.05. The largest absolute Gasteiger partial charge is 0.491 e. The van der Waals surface area contributed by atoms with Gasteiger partial charge in [-0.1, -0.05) is 0 Å². The predicted octanol–water partition coefficient (Wildman–Crippen LogP) is 4.43. The van der Waals surface area contributed by atoms with Gasteiger partial charge < -0.3 is 10.5 Å². The first kappa shape index (κ1) is 16.1. The summed E-state index contributed by atoms with van der Waals surface area (Å²) in [4.78, 5) is 8.69. The maximum absolute atomic E-state index is 5.72. The second kappa shape index (κ2) is 6.52. The van der Waals surface area contributed by atoms with Crippen LogP contribution in [-0.2, 0) is 0 Å². The summed E-state index contributed by atoms with van der Waals surface area (Å²) >= 11 is 0. The van der Waals surface area contributed by atoms with Gasteiger partial charge in [0.25, 0.3) is 0 Å². The van der Waals surface area contributed by atoms with E-state index in [1.165, 1.54) is 0 Å². The number of aromatic nitrogens is 3. The minimum atomic E-state index is 0.160. The highest BCUT2D eigenvalue weighted by molar-refractivity contribution is 5.69. The maximum atomic E-state index is 5.72. The van der Waals surface area contributed by atoms with Crippen molar-refractivity contribution in [2.75, 3.05) is 5.73 Å². The van der Waals surface area contributed by atoms with E-state index < -0.39 is 0 Å². The fourth-order valence-electron chi connectivity index (χ4n) is 2.92. The topological polar surface area (TPSA) is 65.4 Å². The van der Waals surface area contributed by atoms with Crippen LogP contribution in [0.4, 0.5) is 5.82 Å². The lowest BCUT2D eigenvalue weighted by molar-refractivity contribution is 0.242. The Balaban J connectivity index is 1.73. The molecule has 5 nitrogen and oxygen atoms in total. The number of anilines is 1. The molecule has 2 N–H and O–H groups in total. The lowest BCUT2D eigenvalue weighted by Gasteiger charge is -2.10. The number of rotatable bonds is 4. The van der Waals surface area contributed by atoms with Crippen LogP contribution < -0.4 is 10.5 Å². The summed E-state index contributed by atoms with van der Waals surface area (Å²) in [5.41, 5.74) is 10.8. The van der Waals surface area contributed by atoms with E-state index in [0.29, 0.717) is 5.82 Å². The Morgan fingerprint density at radius 2 is 1.58 bits per heavy atom. The highest BCUT2D eigenvalue weighted by Crippen LogP contribution is 2.26. The molecule has 0 radical (unpaired) electrons. The van der Waals surface area contributed by atoms with Crippen LogP contribution in [0.1, 0.15) is 13.8 Å². The molecule has 0 aliphatic heterocycles. The first-order valence-corrected chi connectivity index (χ1v) is 8.56. The molecule has 0 bridgehead atoms. The zero-order valence-corrected chi connectivity index (χ0v) is 14.8. The molecule has 0 aliphatic rings. The van der Waals surface area contributed by atoms with Crippen molar-refractivity contribution >= 4 is 11.5 Å². The van der Waals surface area contributed by atoms with Gasteiger partial charge in [-0.15, -0.1) is 0 Å². The van der Waals surface area contributed by atoms with Crippen molar-refractivity contribution in [2.24, 2.45) is 0 Å². The Hall–Kier alpha value is -3.34. The van der Waals surface area contributed by atoms with Crippen molar-refractivity contribution in [2.45, 2.75) is 20.0 Å². The smallest absolute Gasteiger partial charge is 0.137 e. The fourth-order valence-corrected chi connectivity index (χ4v) is 2.92. The van der Waals surface area contributed by atoms with Crippen molar-refractivity contribution in [3.63, 3.8) is 0 Å². The molecular weight excluding hydrogens is 324 g/mol. The molecule has 26 heavy (non-hydrogen) atoms. The zero-order valence-electron chi connectivity index (χ0n) is 14.8. The van der Waals surface area contributed by atoms with Gasteiger partial charge in [0.2, 0.25) is 0 Å². The van der Waals surface area contributed by atoms with Crippen LogP contribution in [-0.4, -0.2) is 20.5 Å². The number of pyridine rings is 2. The number of ether oxygens (including phenoxy) is 1. The van der Waals surface area contributed by atoms with Gasteiger partial charge in [-0.05, 0) is 62.4 Å². The molecule has 0 atom stereocenters. The van der Waals surface area contributed by atoms with Crippen molar-refractivity contribution in [1.82, 2.24) is 14.4 Å². The van der Waals surface area contributed by atoms with Crippen molar-refractivity contribution in [1.29, 1.82) is 0 Å². The third kappa shape index (κ3) is 3.11. The molecule has 0 fully saturated rings. The van der Waals surface area contributed by atoms with E-state index in [4.69, 9.17) is 10.5 Å². The van der Waals surface area contributed by atoms with E-state index in [0.717, 1.165) is 33.8 Å². The van der Waals surface area contributed by atoms with Gasteiger partial charge in [-0.2, -0.15) is 0 Å². The number of hydrogen-bond donors (Lipinski definition) is 1. The number of nitrogens with two attached hydrogens (primary N) is 1. The average Bonchev–Trinajstić information content (AvgIpc) is 3.06. The van der Waals surface area contributed by atoms with Gasteiger partial charge in [0.05, 0.1) is 18.0 Å². The number of benzene rings is 1. The second-order valence-corrected chi connectivity index (χ2v) is 6.45. The fraction of sp³-hybridized carbons (Fsp3) is 0.143. The molecule has 5 heteroatoms. The Morgan fingerprint density at radius 3 is 2.27 bits per heavy atom. The summed E-state index contributed by atoms with van der Waals surface area (Å²) in [6, 6.07) is 15.9. The molecular formula is C21H20N4O. The van der Waals surface area contributed by atoms with Gasteiger partial charge in [0.15, 0.2) is 0 Å². The predicted molar refractivity (Wildman–Crippen MR) is 104 cm³/mol. The van der Waals surface area contributed by atoms with Crippen LogP contribution in [0.2, 0.25) is 0 Å². The van der Waals surface area contributed by atoms with Crippen molar-refractivity contribution < 1.29 is 4.74 Å². The molecule has 0 spiro atoms. The van der Waals surface area contributed by atoms with E-state index >= 15 is 0 Å². The molecule has 0 aliphatic carbocycles. The van der Waals surface area contributed by atoms with Crippen molar-refractivity contribution in [3.05, 3.63) is 67.1 Å². The molecule has 3 heterocycles. The molecule has 3 aromatic heterocycles. The second-order valence-electron chi connectivity index (χ2n) is 6.45. The standard InChI is InChI=1S/C21H20N4O/c1-14(2)26-18-7-3-15(4-8-18)19-12-24-21-10-6-17(13-25(19)21)16-5-9-20(22)23-11-16/h3-14H,1-2H3,(H2,22,23). The molecule has 0 amide bonds. The third-order valence-electron chi connectivity index (χ3n) is 4.15. The maximum Gasteiger partial charge on any atom is 0.137 e. The van der Waals surface area contributed by atoms with E-state index in [1.54, 1.807) is 6.20 Å². The average molecular weight is 344 g/mol. The van der Waals surface area contributed by atoms with Crippen LogP contribution in [0.25, 0.3) is 28.0 Å². The zero-order chi connectivity index (χ0) is 18.1. The first-order chi connectivity index (χ1) is 12.6. The number of imidazole rings is 1. The van der Waals surface area contributed by atoms with Crippen LogP contribution in [0.15, 0.2) is 67.1 Å². The molecule has 0 saturated carbocycles. The lowest BCUT2D eigenvalue weighted by atomic mass is 10.1. The van der Waals surface area contributed by atoms with E-state index in [-0.39, 0.29) is 6.10 Å². The summed E-state index contributed by atoms with van der Waals surface area (Å²) in [5, 5.41) is 0. The van der Waals surface area contributed by atoms with Crippen molar-refractivity contribution in [3.8, 4) is 28.1 Å². The third-order valence-corrected chi connectivity index (χ3v) is 4.15. The minimum Gasteiger partial charge on any atom is -0.491 e. The monoisotopic (exact) mass is 344 g/mol. The van der Waals surface area contributed by atoms with Gasteiger partial charge in [0.1, 0.15) is 17.2 Å². The van der Waals surface area contributed by atoms with Crippen LogP contribution in [0.5, 0.6) is 5.75 Å². The summed E-state index contributed by atoms with van der Waals surface area (Å²) in [5.74, 6) is 1.38. The molecule has 130 valence electrons. The summed E-state index contributed by atoms with van der Waals surface area (Å²) in [7, 11) is 0. The molecule has 4 rings (SSSR count). The number of hydrogen-bond acceptors (Lipinski definition) is 4. The number of fused-ring (bicyclic) bond motifs is 1. The Labute approximate surface area is 152 Å². The quantitative estimate of drug-likeness (QED) is 0.595. The molecule has 4 aromatic rings. The SMILES string of the molecule is CC(C)Oc1ccc(-c2cnc3ccc(-c4ccc(N)nc4)cn23)cc1. The normalized spacial score (nSPS) is 11.2. The number of nitrogens with zero attached hydrogens (tertiary/aromatic N) is 3. The minimum absolute atomic E-state index is 0.160. The summed E-state index contributed by atoms with van der Waals surface area (Å²) in [6.45, 7) is 4.04. The highest BCUT2D eigenvalue weighted by atomic mass is 16.5. The summed E-state index contributed by atoms with van der Waals surface area (Å²) in [6.07, 6.45) is 5.90. The Morgan fingerprint density at radius 1 is 0.846 bits per heavy atom. The highest BCUT2D eigenvalue weighted by Gasteiger charge is 2.08. The van der Waals surface area contributed by atoms with Crippen LogP contribution in [0, 0.1) is 0 Å². The van der Waals surface area contributed by atoms with Gasteiger partial charge in [0, 0.05) is 29.1 Å². The van der Waals surface area contributed by atoms with Crippen LogP contribution in [0.3, 0.4) is 0 Å². The first-order valence-electron chi connectivity index (χ1n) is 8.56. The molecule has 0 unspecified atom stereocenters. The molecule has 1 aromatic carbocycles.